The van der Waals surface area contributed by atoms with Crippen LogP contribution in [0.5, 0.6) is 0 Å². The van der Waals surface area contributed by atoms with Crippen LogP contribution in [0.4, 0.5) is 0 Å². The minimum atomic E-state index is -0.420. The third-order valence-electron chi connectivity index (χ3n) is 4.75. The summed E-state index contributed by atoms with van der Waals surface area (Å²) in [5.41, 5.74) is 3.99. The van der Waals surface area contributed by atoms with Gasteiger partial charge in [0.05, 0.1) is 0 Å². The molecule has 3 rings (SSSR count). The van der Waals surface area contributed by atoms with Gasteiger partial charge < -0.3 is 10.2 Å². The first-order valence-corrected chi connectivity index (χ1v) is 8.77. The van der Waals surface area contributed by atoms with Gasteiger partial charge in [0, 0.05) is 19.2 Å². The topological polar surface area (TPSA) is 49.4 Å². The fourth-order valence-electron chi connectivity index (χ4n) is 3.13. The molecule has 1 atom stereocenters. The Kier molecular flexibility index (Phi) is 5.17. The summed E-state index contributed by atoms with van der Waals surface area (Å²) in [6.45, 7) is 2.82. The molecule has 2 aromatic carbocycles. The third-order valence-corrected chi connectivity index (χ3v) is 4.75. The number of nitrogens with zero attached hydrogens (tertiary/aromatic N) is 1. The van der Waals surface area contributed by atoms with Gasteiger partial charge in [0.25, 0.3) is 5.91 Å². The van der Waals surface area contributed by atoms with Gasteiger partial charge in [-0.15, -0.1) is 0 Å². The van der Waals surface area contributed by atoms with Crippen molar-refractivity contribution in [3.8, 4) is 11.1 Å². The standard InChI is InChI=1S/C21H24N2O2/c1-15-6-8-16(9-7-15)17-10-12-18(13-11-17)20(24)22-19-5-3-4-14-23(2)21(19)25/h6-13,19H,3-5,14H2,1-2H3,(H,22,24). The van der Waals surface area contributed by atoms with Crippen LogP contribution in [-0.4, -0.2) is 36.3 Å². The number of nitrogens with one attached hydrogen (secondary N) is 1. The van der Waals surface area contributed by atoms with Crippen molar-refractivity contribution in [1.29, 1.82) is 0 Å². The maximum Gasteiger partial charge on any atom is 0.251 e. The summed E-state index contributed by atoms with van der Waals surface area (Å²) in [7, 11) is 1.79. The van der Waals surface area contributed by atoms with Gasteiger partial charge in [-0.25, -0.2) is 0 Å². The van der Waals surface area contributed by atoms with E-state index < -0.39 is 6.04 Å². The Balaban J connectivity index is 1.70. The smallest absolute Gasteiger partial charge is 0.251 e. The highest BCUT2D eigenvalue weighted by Gasteiger charge is 2.26. The normalized spacial score (nSPS) is 17.9. The van der Waals surface area contributed by atoms with Crippen LogP contribution in [0.15, 0.2) is 48.5 Å². The molecule has 2 aromatic rings. The van der Waals surface area contributed by atoms with Gasteiger partial charge in [0.15, 0.2) is 0 Å². The van der Waals surface area contributed by atoms with Gasteiger partial charge in [0.2, 0.25) is 5.91 Å². The maximum absolute atomic E-state index is 12.5. The molecule has 4 nitrogen and oxygen atoms in total. The quantitative estimate of drug-likeness (QED) is 0.934. The number of aryl methyl sites for hydroxylation is 1. The van der Waals surface area contributed by atoms with Crippen molar-refractivity contribution in [2.75, 3.05) is 13.6 Å². The van der Waals surface area contributed by atoms with Gasteiger partial charge in [0.1, 0.15) is 6.04 Å². The summed E-state index contributed by atoms with van der Waals surface area (Å²) in [5, 5.41) is 2.89. The van der Waals surface area contributed by atoms with E-state index in [0.717, 1.165) is 30.5 Å². The molecule has 1 aliphatic rings. The maximum atomic E-state index is 12.5. The number of hydrogen-bond donors (Lipinski definition) is 1. The van der Waals surface area contributed by atoms with E-state index in [9.17, 15) is 9.59 Å². The molecule has 130 valence electrons. The molecule has 1 fully saturated rings. The number of amides is 2. The van der Waals surface area contributed by atoms with Crippen LogP contribution < -0.4 is 5.32 Å². The van der Waals surface area contributed by atoms with Crippen molar-refractivity contribution in [2.45, 2.75) is 32.2 Å². The Labute approximate surface area is 148 Å². The average Bonchev–Trinajstić information content (AvgIpc) is 2.78. The molecule has 25 heavy (non-hydrogen) atoms. The lowest BCUT2D eigenvalue weighted by Crippen LogP contribution is -2.46. The zero-order chi connectivity index (χ0) is 17.8. The minimum Gasteiger partial charge on any atom is -0.344 e. The lowest BCUT2D eigenvalue weighted by molar-refractivity contribution is -0.131. The molecular weight excluding hydrogens is 312 g/mol. The molecular formula is C21H24N2O2. The van der Waals surface area contributed by atoms with E-state index in [2.05, 4.69) is 36.5 Å². The largest absolute Gasteiger partial charge is 0.344 e. The number of likely N-dealkylation sites (tertiary alicyclic amines) is 1. The van der Waals surface area contributed by atoms with E-state index in [-0.39, 0.29) is 11.8 Å². The van der Waals surface area contributed by atoms with Crippen LogP contribution in [0, 0.1) is 6.92 Å². The second-order valence-corrected chi connectivity index (χ2v) is 6.72. The van der Waals surface area contributed by atoms with Gasteiger partial charge in [-0.2, -0.15) is 0 Å². The Morgan fingerprint density at radius 2 is 1.60 bits per heavy atom. The predicted molar refractivity (Wildman–Crippen MR) is 99.4 cm³/mol. The summed E-state index contributed by atoms with van der Waals surface area (Å²) in [4.78, 5) is 26.5. The lowest BCUT2D eigenvalue weighted by atomic mass is 10.0. The fraction of sp³-hybridized carbons (Fsp3) is 0.333. The summed E-state index contributed by atoms with van der Waals surface area (Å²) in [6.07, 6.45) is 2.64. The van der Waals surface area contributed by atoms with Crippen molar-refractivity contribution in [3.05, 3.63) is 59.7 Å². The van der Waals surface area contributed by atoms with E-state index in [0.29, 0.717) is 12.0 Å². The second kappa shape index (κ2) is 7.51. The van der Waals surface area contributed by atoms with Crippen molar-refractivity contribution < 1.29 is 9.59 Å². The molecule has 0 radical (unpaired) electrons. The summed E-state index contributed by atoms with van der Waals surface area (Å²) < 4.78 is 0. The molecule has 1 heterocycles. The van der Waals surface area contributed by atoms with Crippen LogP contribution >= 0.6 is 0 Å². The Morgan fingerprint density at radius 3 is 2.24 bits per heavy atom. The van der Waals surface area contributed by atoms with Crippen molar-refractivity contribution >= 4 is 11.8 Å². The van der Waals surface area contributed by atoms with Gasteiger partial charge in [-0.1, -0.05) is 42.0 Å². The van der Waals surface area contributed by atoms with E-state index in [1.807, 2.05) is 24.3 Å². The molecule has 1 saturated heterocycles. The molecule has 0 aromatic heterocycles. The number of rotatable bonds is 3. The van der Waals surface area contributed by atoms with E-state index in [4.69, 9.17) is 0 Å². The highest BCUT2D eigenvalue weighted by Crippen LogP contribution is 2.20. The number of carbonyl (C=O) groups excluding carboxylic acids is 2. The number of hydrogen-bond acceptors (Lipinski definition) is 2. The number of carbonyl (C=O) groups is 2. The van der Waals surface area contributed by atoms with E-state index >= 15 is 0 Å². The third kappa shape index (κ3) is 4.08. The lowest BCUT2D eigenvalue weighted by Gasteiger charge is -2.20. The first-order valence-electron chi connectivity index (χ1n) is 8.77. The SMILES string of the molecule is Cc1ccc(-c2ccc(C(=O)NC3CCCCN(C)C3=O)cc2)cc1. The van der Waals surface area contributed by atoms with E-state index in [1.54, 1.807) is 11.9 Å². The fourth-order valence-corrected chi connectivity index (χ4v) is 3.13. The highest BCUT2D eigenvalue weighted by atomic mass is 16.2. The van der Waals surface area contributed by atoms with Crippen molar-refractivity contribution in [3.63, 3.8) is 0 Å². The molecule has 0 spiro atoms. The minimum absolute atomic E-state index is 0.00197. The van der Waals surface area contributed by atoms with Crippen molar-refractivity contribution in [2.24, 2.45) is 0 Å². The molecule has 0 bridgehead atoms. The second-order valence-electron chi connectivity index (χ2n) is 6.72. The monoisotopic (exact) mass is 336 g/mol. The van der Waals surface area contributed by atoms with Crippen LogP contribution in [-0.2, 0) is 4.79 Å². The molecule has 1 unspecified atom stereocenters. The summed E-state index contributed by atoms with van der Waals surface area (Å²) in [6, 6.07) is 15.4. The molecule has 2 amide bonds. The zero-order valence-corrected chi connectivity index (χ0v) is 14.8. The van der Waals surface area contributed by atoms with Crippen molar-refractivity contribution in [1.82, 2.24) is 10.2 Å². The Bertz CT molecular complexity index is 750. The molecule has 0 saturated carbocycles. The predicted octanol–water partition coefficient (Wildman–Crippen LogP) is 3.40. The summed E-state index contributed by atoms with van der Waals surface area (Å²) in [5.74, 6) is -0.189. The first kappa shape index (κ1) is 17.2. The average molecular weight is 336 g/mol. The van der Waals surface area contributed by atoms with Gasteiger partial charge >= 0.3 is 0 Å². The molecule has 4 heteroatoms. The molecule has 1 N–H and O–H groups in total. The van der Waals surface area contributed by atoms with Gasteiger partial charge in [-0.05, 0) is 49.4 Å². The first-order chi connectivity index (χ1) is 12.0. The Hall–Kier alpha value is -2.62. The van der Waals surface area contributed by atoms with Crippen LogP contribution in [0.25, 0.3) is 11.1 Å². The van der Waals surface area contributed by atoms with Gasteiger partial charge in [-0.3, -0.25) is 9.59 Å². The Morgan fingerprint density at radius 1 is 1.00 bits per heavy atom. The van der Waals surface area contributed by atoms with E-state index in [1.165, 1.54) is 5.56 Å². The number of benzene rings is 2. The van der Waals surface area contributed by atoms with Crippen LogP contribution in [0.1, 0.15) is 35.2 Å². The zero-order valence-electron chi connectivity index (χ0n) is 14.8. The molecule has 0 aliphatic carbocycles. The number of likely N-dealkylation sites (N-methyl/N-ethyl adjacent to an activating group) is 1. The molecule has 1 aliphatic heterocycles. The highest BCUT2D eigenvalue weighted by molar-refractivity contribution is 5.97. The summed E-state index contributed by atoms with van der Waals surface area (Å²) >= 11 is 0. The van der Waals surface area contributed by atoms with Crippen LogP contribution in [0.2, 0.25) is 0 Å². The van der Waals surface area contributed by atoms with Crippen LogP contribution in [0.3, 0.4) is 0 Å².